The monoisotopic (exact) mass is 683 g/mol. The number of hydrogen-bond donors (Lipinski definition) is 3. The zero-order chi connectivity index (χ0) is 35.7. The van der Waals surface area contributed by atoms with Gasteiger partial charge in [0.15, 0.2) is 0 Å². The van der Waals surface area contributed by atoms with Crippen molar-refractivity contribution in [2.75, 3.05) is 26.2 Å². The average molecular weight is 683 g/mol. The molecular weight excluding hydrogens is 600 g/mol. The first kappa shape index (κ1) is 46.8. The SMILES string of the molecule is CCCCCCCCCCCCCCCC(=O)N(CC(C)O)CC(O)CN(CC(C)O)C(=O)CCCCCCCCCCCCCCC. The molecule has 0 fully saturated rings. The summed E-state index contributed by atoms with van der Waals surface area (Å²) in [6.07, 6.45) is 31.0. The van der Waals surface area contributed by atoms with Crippen molar-refractivity contribution in [3.8, 4) is 0 Å². The highest BCUT2D eigenvalue weighted by Gasteiger charge is 2.23. The van der Waals surface area contributed by atoms with Crippen LogP contribution in [0.5, 0.6) is 0 Å². The van der Waals surface area contributed by atoms with Crippen molar-refractivity contribution in [2.45, 2.75) is 226 Å². The van der Waals surface area contributed by atoms with Gasteiger partial charge in [-0.25, -0.2) is 0 Å². The average Bonchev–Trinajstić information content (AvgIpc) is 3.04. The molecule has 0 spiro atoms. The van der Waals surface area contributed by atoms with Gasteiger partial charge in [0.05, 0.1) is 18.3 Å². The van der Waals surface area contributed by atoms with Crippen LogP contribution >= 0.6 is 0 Å². The number of amides is 2. The van der Waals surface area contributed by atoms with Crippen LogP contribution in [0.1, 0.15) is 207 Å². The Morgan fingerprint density at radius 2 is 0.625 bits per heavy atom. The van der Waals surface area contributed by atoms with E-state index in [0.29, 0.717) is 12.8 Å². The summed E-state index contributed by atoms with van der Waals surface area (Å²) in [7, 11) is 0. The highest BCUT2D eigenvalue weighted by molar-refractivity contribution is 5.77. The van der Waals surface area contributed by atoms with Gasteiger partial charge in [-0.2, -0.15) is 0 Å². The number of aliphatic hydroxyl groups is 3. The Kier molecular flexibility index (Phi) is 33.4. The van der Waals surface area contributed by atoms with Gasteiger partial charge >= 0.3 is 0 Å². The Morgan fingerprint density at radius 1 is 0.396 bits per heavy atom. The Hall–Kier alpha value is -1.18. The molecular formula is C41H82N2O5. The summed E-state index contributed by atoms with van der Waals surface area (Å²) in [5.41, 5.74) is 0. The number of aliphatic hydroxyl groups excluding tert-OH is 3. The van der Waals surface area contributed by atoms with Crippen LogP contribution in [0.4, 0.5) is 0 Å². The van der Waals surface area contributed by atoms with Crippen LogP contribution in [0.15, 0.2) is 0 Å². The van der Waals surface area contributed by atoms with Crippen molar-refractivity contribution in [1.82, 2.24) is 9.80 Å². The van der Waals surface area contributed by atoms with Crippen molar-refractivity contribution >= 4 is 11.8 Å². The molecule has 7 nitrogen and oxygen atoms in total. The van der Waals surface area contributed by atoms with E-state index >= 15 is 0 Å². The number of nitrogens with zero attached hydrogens (tertiary/aromatic N) is 2. The van der Waals surface area contributed by atoms with Crippen LogP contribution in [-0.4, -0.2) is 81.4 Å². The van der Waals surface area contributed by atoms with Crippen LogP contribution in [-0.2, 0) is 9.59 Å². The van der Waals surface area contributed by atoms with E-state index in [-0.39, 0.29) is 38.0 Å². The molecule has 0 rings (SSSR count). The maximum Gasteiger partial charge on any atom is 0.222 e. The zero-order valence-corrected chi connectivity index (χ0v) is 32.4. The van der Waals surface area contributed by atoms with Gasteiger partial charge in [-0.05, 0) is 26.7 Å². The van der Waals surface area contributed by atoms with Gasteiger partial charge in [-0.3, -0.25) is 9.59 Å². The van der Waals surface area contributed by atoms with Gasteiger partial charge < -0.3 is 25.1 Å². The molecule has 286 valence electrons. The molecule has 2 amide bonds. The fourth-order valence-corrected chi connectivity index (χ4v) is 6.66. The molecule has 3 N–H and O–H groups in total. The van der Waals surface area contributed by atoms with Crippen LogP contribution in [0.3, 0.4) is 0 Å². The summed E-state index contributed by atoms with van der Waals surface area (Å²) in [6.45, 7) is 8.29. The number of hydrogen-bond acceptors (Lipinski definition) is 5. The van der Waals surface area contributed by atoms with Gasteiger partial charge in [0.2, 0.25) is 11.8 Å². The van der Waals surface area contributed by atoms with Crippen molar-refractivity contribution in [1.29, 1.82) is 0 Å². The lowest BCUT2D eigenvalue weighted by Gasteiger charge is -2.31. The first-order valence-electron chi connectivity index (χ1n) is 20.8. The van der Waals surface area contributed by atoms with E-state index in [4.69, 9.17) is 0 Å². The summed E-state index contributed by atoms with van der Waals surface area (Å²) in [5.74, 6) is -0.114. The minimum absolute atomic E-state index is 0.0570. The minimum Gasteiger partial charge on any atom is -0.392 e. The molecule has 0 saturated heterocycles. The Bertz CT molecular complexity index is 659. The van der Waals surface area contributed by atoms with Crippen LogP contribution in [0.25, 0.3) is 0 Å². The fraction of sp³-hybridized carbons (Fsp3) is 0.951. The van der Waals surface area contributed by atoms with E-state index in [1.165, 1.54) is 128 Å². The predicted molar refractivity (Wildman–Crippen MR) is 203 cm³/mol. The fourth-order valence-electron chi connectivity index (χ4n) is 6.66. The molecule has 0 aromatic heterocycles. The zero-order valence-electron chi connectivity index (χ0n) is 32.4. The Labute approximate surface area is 298 Å². The quantitative estimate of drug-likeness (QED) is 0.0571. The second-order valence-electron chi connectivity index (χ2n) is 14.9. The van der Waals surface area contributed by atoms with Crippen molar-refractivity contribution in [3.63, 3.8) is 0 Å². The molecule has 0 saturated carbocycles. The van der Waals surface area contributed by atoms with E-state index in [0.717, 1.165) is 38.5 Å². The van der Waals surface area contributed by atoms with Crippen LogP contribution < -0.4 is 0 Å². The molecule has 2 unspecified atom stereocenters. The summed E-state index contributed by atoms with van der Waals surface area (Å²) in [5, 5.41) is 31.0. The molecule has 0 heterocycles. The van der Waals surface area contributed by atoms with Gasteiger partial charge in [-0.15, -0.1) is 0 Å². The summed E-state index contributed by atoms with van der Waals surface area (Å²) in [4.78, 5) is 29.2. The highest BCUT2D eigenvalue weighted by atomic mass is 16.3. The second kappa shape index (κ2) is 34.3. The lowest BCUT2D eigenvalue weighted by Crippen LogP contribution is -2.47. The van der Waals surface area contributed by atoms with Gasteiger partial charge in [0.25, 0.3) is 0 Å². The molecule has 0 aliphatic rings. The second-order valence-corrected chi connectivity index (χ2v) is 14.9. The lowest BCUT2D eigenvalue weighted by molar-refractivity contribution is -0.136. The third kappa shape index (κ3) is 30.8. The third-order valence-corrected chi connectivity index (χ3v) is 9.53. The smallest absolute Gasteiger partial charge is 0.222 e. The Balaban J connectivity index is 4.33. The van der Waals surface area contributed by atoms with Crippen LogP contribution in [0, 0.1) is 0 Å². The first-order valence-corrected chi connectivity index (χ1v) is 20.8. The Morgan fingerprint density at radius 3 is 0.854 bits per heavy atom. The summed E-state index contributed by atoms with van der Waals surface area (Å²) < 4.78 is 0. The van der Waals surface area contributed by atoms with Crippen LogP contribution in [0.2, 0.25) is 0 Å². The predicted octanol–water partition coefficient (Wildman–Crippen LogP) is 9.73. The molecule has 2 atom stereocenters. The van der Waals surface area contributed by atoms with Gasteiger partial charge in [0, 0.05) is 39.0 Å². The van der Waals surface area contributed by atoms with Gasteiger partial charge in [0.1, 0.15) is 0 Å². The lowest BCUT2D eigenvalue weighted by atomic mass is 10.0. The molecule has 0 aliphatic heterocycles. The maximum absolute atomic E-state index is 13.0. The van der Waals surface area contributed by atoms with Gasteiger partial charge in [-0.1, -0.05) is 168 Å². The van der Waals surface area contributed by atoms with E-state index < -0.39 is 18.3 Å². The van der Waals surface area contributed by atoms with Crippen molar-refractivity contribution < 1.29 is 24.9 Å². The summed E-state index contributed by atoms with van der Waals surface area (Å²) >= 11 is 0. The van der Waals surface area contributed by atoms with E-state index in [9.17, 15) is 24.9 Å². The third-order valence-electron chi connectivity index (χ3n) is 9.53. The standard InChI is InChI=1S/C41H82N2O5/c1-5-7-9-11-13-15-17-19-21-23-25-27-29-31-40(47)42(33-37(3)44)35-39(46)36-43(34-38(4)45)41(48)32-30-28-26-24-22-20-18-16-14-12-10-8-6-2/h37-39,44-46H,5-36H2,1-4H3. The molecule has 7 heteroatoms. The van der Waals surface area contributed by atoms with E-state index in [1.807, 2.05) is 0 Å². The van der Waals surface area contributed by atoms with Crippen molar-refractivity contribution in [3.05, 3.63) is 0 Å². The number of carbonyl (C=O) groups is 2. The molecule has 0 radical (unpaired) electrons. The molecule has 0 aromatic rings. The normalized spacial score (nSPS) is 13.4. The largest absolute Gasteiger partial charge is 0.392 e. The molecule has 0 aliphatic carbocycles. The number of unbranched alkanes of at least 4 members (excludes halogenated alkanes) is 24. The van der Waals surface area contributed by atoms with Crippen molar-refractivity contribution in [2.24, 2.45) is 0 Å². The first-order chi connectivity index (χ1) is 23.2. The topological polar surface area (TPSA) is 101 Å². The minimum atomic E-state index is -0.936. The molecule has 48 heavy (non-hydrogen) atoms. The highest BCUT2D eigenvalue weighted by Crippen LogP contribution is 2.16. The molecule has 0 bridgehead atoms. The number of carbonyl (C=O) groups excluding carboxylic acids is 2. The maximum atomic E-state index is 13.0. The van der Waals surface area contributed by atoms with E-state index in [1.54, 1.807) is 23.6 Å². The number of rotatable bonds is 36. The summed E-state index contributed by atoms with van der Waals surface area (Å²) in [6, 6.07) is 0. The molecule has 0 aromatic carbocycles. The van der Waals surface area contributed by atoms with E-state index in [2.05, 4.69) is 13.8 Å².